The molecule has 2 aliphatic rings. The fourth-order valence-electron chi connectivity index (χ4n) is 9.97. The summed E-state index contributed by atoms with van der Waals surface area (Å²) >= 11 is 0. The van der Waals surface area contributed by atoms with Crippen LogP contribution in [0.4, 0.5) is 18.0 Å². The molecule has 2 fully saturated rings. The van der Waals surface area contributed by atoms with Crippen LogP contribution in [0, 0.1) is 29.1 Å². The molecule has 0 bridgehead atoms. The van der Waals surface area contributed by atoms with Crippen LogP contribution in [0.15, 0.2) is 60.7 Å². The topological polar surface area (TPSA) is 314 Å². The lowest BCUT2D eigenvalue weighted by Crippen LogP contribution is -2.59. The fraction of sp³-hybridized carbons (Fsp3) is 0.633. The molecule has 8 atom stereocenters. The van der Waals surface area contributed by atoms with Crippen LogP contribution >= 0.6 is 0 Å². The molecule has 9 N–H and O–H groups in total. The third kappa shape index (κ3) is 23.8. The Hall–Kier alpha value is -7.35. The zero-order chi connectivity index (χ0) is 64.8. The van der Waals surface area contributed by atoms with Gasteiger partial charge in [-0.3, -0.25) is 43.2 Å². The Labute approximate surface area is 502 Å². The highest BCUT2D eigenvalue weighted by molar-refractivity contribution is 5.95. The standard InChI is InChI=1S/C39H62N6O8.C21H29F3N4O5/c1-24(2)19-28(33(47)35(49)40-21-30(46)42-31(36(50)44(7)8)26-15-11-9-12-16-26)41-34(48)29-20-39(5,6)23-45(29)37(51)32(27-17-13-10-14-18-27)43-38(52)53-22-25(3)4;1-12(2)10-14(26-20(33)21(22,23)24)17(30)18(31)25-11-15(29)27-16(19(32)28(3)4)13-8-6-5-7-9-13/h9,11-12,15-16,24-25,27-29,31-33,47H,10,13-14,17-23H2,1-8H3,(H,40,49)(H,41,48)(H,42,46)(H,43,52);5-9,12,14,16-17,30H,10-11H2,1-4H3,(H,25,31)(H,26,33)(H,27,29)/t28-,29?,31-,32-,33?;14-,16-,17?/m00/s1. The lowest BCUT2D eigenvalue weighted by molar-refractivity contribution is -0.175. The van der Waals surface area contributed by atoms with Crippen molar-refractivity contribution in [1.29, 1.82) is 0 Å². The largest absolute Gasteiger partial charge is 0.471 e. The highest BCUT2D eigenvalue weighted by Crippen LogP contribution is 2.37. The number of likely N-dealkylation sites (tertiary alicyclic amines) is 1. The number of likely N-dealkylation sites (N-methyl/N-ethyl adjacent to an activating group) is 2. The summed E-state index contributed by atoms with van der Waals surface area (Å²) < 4.78 is 43.1. The van der Waals surface area contributed by atoms with Gasteiger partial charge in [-0.15, -0.1) is 0 Å². The van der Waals surface area contributed by atoms with E-state index in [-0.39, 0.29) is 61.5 Å². The SMILES string of the molecule is CC(C)COC(=O)N[C@H](C(=O)N1CC(C)(C)CC1C(=O)N[C@@H](CC(C)C)C(O)C(=O)NCC(=O)N[C@H](C(=O)N(C)C)c1ccccc1)C1CCCCC1.CC(C)C[C@H](NC(=O)C(F)(F)F)C(O)C(=O)NCC(=O)N[C@H](C(=O)N(C)C)c1ccccc1. The van der Waals surface area contributed by atoms with E-state index in [4.69, 9.17) is 4.74 Å². The zero-order valence-electron chi connectivity index (χ0n) is 51.5. The number of hydrogen-bond donors (Lipinski definition) is 9. The van der Waals surface area contributed by atoms with E-state index < -0.39 is 121 Å². The molecular formula is C60H91F3N10O13. The molecule has 1 aliphatic heterocycles. The van der Waals surface area contributed by atoms with Crippen molar-refractivity contribution in [1.82, 2.24) is 51.9 Å². The third-order valence-electron chi connectivity index (χ3n) is 14.3. The predicted octanol–water partition coefficient (Wildman–Crippen LogP) is 3.40. The first-order valence-electron chi connectivity index (χ1n) is 29.1. The molecule has 0 aromatic heterocycles. The van der Waals surface area contributed by atoms with Crippen LogP contribution < -0.4 is 37.2 Å². The van der Waals surface area contributed by atoms with Gasteiger partial charge >= 0.3 is 18.2 Å². The lowest BCUT2D eigenvalue weighted by atomic mass is 9.83. The highest BCUT2D eigenvalue weighted by atomic mass is 19.4. The molecule has 0 spiro atoms. The van der Waals surface area contributed by atoms with Crippen LogP contribution in [0.3, 0.4) is 0 Å². The summed E-state index contributed by atoms with van der Waals surface area (Å²) in [6.45, 7) is 14.1. The number of aliphatic hydroxyl groups excluding tert-OH is 2. The lowest BCUT2D eigenvalue weighted by Gasteiger charge is -2.35. The number of halogens is 3. The smallest absolute Gasteiger partial charge is 0.449 e. The molecule has 1 aliphatic carbocycles. The van der Waals surface area contributed by atoms with Crippen LogP contribution in [0.2, 0.25) is 0 Å². The summed E-state index contributed by atoms with van der Waals surface area (Å²) in [6.07, 6.45) is -4.67. The average molecular weight is 1220 g/mol. The maximum Gasteiger partial charge on any atom is 0.471 e. The molecule has 10 amide bonds. The number of carbonyl (C=O) groups excluding carboxylic acids is 10. The van der Waals surface area contributed by atoms with E-state index in [1.165, 1.54) is 28.8 Å². The Bertz CT molecular complexity index is 2580. The molecule has 0 radical (unpaired) electrons. The van der Waals surface area contributed by atoms with Gasteiger partial charge in [-0.25, -0.2) is 4.79 Å². The average Bonchev–Trinajstić information content (AvgIpc) is 2.05. The van der Waals surface area contributed by atoms with E-state index in [9.17, 15) is 71.3 Å². The van der Waals surface area contributed by atoms with Crippen molar-refractivity contribution in [2.75, 3.05) is 54.4 Å². The van der Waals surface area contributed by atoms with Gasteiger partial charge in [0, 0.05) is 34.7 Å². The molecule has 23 nitrogen and oxygen atoms in total. The van der Waals surface area contributed by atoms with Crippen molar-refractivity contribution >= 4 is 59.3 Å². The van der Waals surface area contributed by atoms with Crippen molar-refractivity contribution in [2.24, 2.45) is 29.1 Å². The van der Waals surface area contributed by atoms with Gasteiger partial charge in [0.15, 0.2) is 12.2 Å². The monoisotopic (exact) mass is 1220 g/mol. The van der Waals surface area contributed by atoms with Gasteiger partial charge in [-0.2, -0.15) is 13.2 Å². The second-order valence-electron chi connectivity index (χ2n) is 24.4. The van der Waals surface area contributed by atoms with Crippen LogP contribution in [-0.2, 0) is 47.9 Å². The van der Waals surface area contributed by atoms with Crippen LogP contribution in [0.5, 0.6) is 0 Å². The van der Waals surface area contributed by atoms with Crippen molar-refractivity contribution in [3.63, 3.8) is 0 Å². The Balaban J connectivity index is 0.000000504. The minimum Gasteiger partial charge on any atom is -0.449 e. The number of nitrogens with zero attached hydrogens (tertiary/aromatic N) is 3. The summed E-state index contributed by atoms with van der Waals surface area (Å²) in [7, 11) is 6.16. The first-order valence-corrected chi connectivity index (χ1v) is 29.1. The van der Waals surface area contributed by atoms with Crippen molar-refractivity contribution in [2.45, 2.75) is 161 Å². The Morgan fingerprint density at radius 1 is 0.628 bits per heavy atom. The summed E-state index contributed by atoms with van der Waals surface area (Å²) in [5.74, 6) is -7.63. The molecule has 4 rings (SSSR count). The maximum atomic E-state index is 14.3. The summed E-state index contributed by atoms with van der Waals surface area (Å²) in [6, 6.07) is 10.7. The second-order valence-corrected chi connectivity index (χ2v) is 24.4. The minimum atomic E-state index is -5.18. The number of benzene rings is 2. The van der Waals surface area contributed by atoms with E-state index >= 15 is 0 Å². The molecule has 86 heavy (non-hydrogen) atoms. The molecule has 3 unspecified atom stereocenters. The normalized spacial score (nSPS) is 17.4. The number of alkyl carbamates (subject to hydrolysis) is 1. The summed E-state index contributed by atoms with van der Waals surface area (Å²) in [5, 5.41) is 38.4. The Kier molecular flexibility index (Phi) is 28.9. The van der Waals surface area contributed by atoms with Gasteiger partial charge in [0.05, 0.1) is 31.8 Å². The second kappa shape index (κ2) is 34.1. The Morgan fingerprint density at radius 3 is 1.45 bits per heavy atom. The molecule has 1 heterocycles. The first-order chi connectivity index (χ1) is 40.1. The van der Waals surface area contributed by atoms with Crippen molar-refractivity contribution in [3.05, 3.63) is 71.8 Å². The van der Waals surface area contributed by atoms with E-state index in [1.54, 1.807) is 93.9 Å². The van der Waals surface area contributed by atoms with Gasteiger partial charge in [-0.05, 0) is 72.3 Å². The number of alkyl halides is 3. The number of rotatable bonds is 26. The van der Waals surface area contributed by atoms with Crippen molar-refractivity contribution in [3.8, 4) is 0 Å². The molecule has 26 heteroatoms. The number of nitrogens with one attached hydrogen (secondary N) is 7. The number of ether oxygens (including phenoxy) is 1. The molecule has 1 saturated heterocycles. The minimum absolute atomic E-state index is 0.0378. The number of amides is 10. The molecular weight excluding hydrogens is 1130 g/mol. The highest BCUT2D eigenvalue weighted by Gasteiger charge is 2.48. The van der Waals surface area contributed by atoms with Gasteiger partial charge in [-0.1, -0.05) is 135 Å². The molecule has 2 aromatic rings. The zero-order valence-corrected chi connectivity index (χ0v) is 51.5. The first kappa shape index (κ1) is 72.9. The fourth-order valence-corrected chi connectivity index (χ4v) is 9.97. The maximum absolute atomic E-state index is 14.3. The number of hydrogen-bond acceptors (Lipinski definition) is 13. The van der Waals surface area contributed by atoms with E-state index in [1.807, 2.05) is 41.5 Å². The molecule has 480 valence electrons. The Morgan fingerprint density at radius 2 is 1.06 bits per heavy atom. The van der Waals surface area contributed by atoms with E-state index in [0.29, 0.717) is 17.5 Å². The molecule has 1 saturated carbocycles. The summed E-state index contributed by atoms with van der Waals surface area (Å²) in [4.78, 5) is 133. The third-order valence-corrected chi connectivity index (χ3v) is 14.3. The molecule has 2 aromatic carbocycles. The van der Waals surface area contributed by atoms with E-state index in [0.717, 1.165) is 32.1 Å². The summed E-state index contributed by atoms with van der Waals surface area (Å²) in [5.41, 5.74) is 0.651. The van der Waals surface area contributed by atoms with Gasteiger partial charge in [0.2, 0.25) is 35.4 Å². The van der Waals surface area contributed by atoms with Crippen LogP contribution in [0.25, 0.3) is 0 Å². The van der Waals surface area contributed by atoms with Crippen molar-refractivity contribution < 1.29 is 76.1 Å². The van der Waals surface area contributed by atoms with E-state index in [2.05, 4.69) is 31.9 Å². The quantitative estimate of drug-likeness (QED) is 0.0654. The van der Waals surface area contributed by atoms with Gasteiger partial charge in [0.1, 0.15) is 24.2 Å². The van der Waals surface area contributed by atoms with Crippen LogP contribution in [-0.4, -0.2) is 181 Å². The van der Waals surface area contributed by atoms with Gasteiger partial charge in [0.25, 0.3) is 11.8 Å². The number of aliphatic hydroxyl groups is 2. The predicted molar refractivity (Wildman–Crippen MR) is 312 cm³/mol. The number of carbonyl (C=O) groups is 10. The van der Waals surface area contributed by atoms with Crippen LogP contribution in [0.1, 0.15) is 130 Å². The van der Waals surface area contributed by atoms with Gasteiger partial charge < -0.3 is 66.9 Å².